The minimum atomic E-state index is -0.324. The Labute approximate surface area is 114 Å². The van der Waals surface area contributed by atoms with Crippen molar-refractivity contribution < 1.29 is 9.21 Å². The second-order valence-electron chi connectivity index (χ2n) is 4.30. The van der Waals surface area contributed by atoms with Gasteiger partial charge in [-0.3, -0.25) is 14.2 Å². The van der Waals surface area contributed by atoms with Gasteiger partial charge >= 0.3 is 0 Å². The van der Waals surface area contributed by atoms with E-state index in [0.717, 1.165) is 0 Å². The Bertz CT molecular complexity index is 711. The molecule has 0 bridgehead atoms. The Hall–Kier alpha value is -2.83. The molecule has 0 saturated carbocycles. The predicted octanol–water partition coefficient (Wildman–Crippen LogP) is 1.51. The maximum absolute atomic E-state index is 12.0. The number of nitrogens with one attached hydrogen (secondary N) is 1. The third-order valence-corrected chi connectivity index (χ3v) is 2.72. The van der Waals surface area contributed by atoms with Crippen LogP contribution in [0.1, 0.15) is 16.3 Å². The molecule has 0 aliphatic rings. The second kappa shape index (κ2) is 5.04. The van der Waals surface area contributed by atoms with Crippen molar-refractivity contribution in [2.75, 3.05) is 5.32 Å². The van der Waals surface area contributed by atoms with Crippen LogP contribution in [0.3, 0.4) is 0 Å². The Balaban J connectivity index is 1.68. The maximum Gasteiger partial charge on any atom is 0.292 e. The van der Waals surface area contributed by atoms with Gasteiger partial charge < -0.3 is 9.73 Å². The van der Waals surface area contributed by atoms with E-state index in [4.69, 9.17) is 4.42 Å². The van der Waals surface area contributed by atoms with Crippen LogP contribution in [0, 0.1) is 0 Å². The van der Waals surface area contributed by atoms with Crippen LogP contribution in [0.25, 0.3) is 0 Å². The van der Waals surface area contributed by atoms with Crippen molar-refractivity contribution in [3.63, 3.8) is 0 Å². The topological polar surface area (TPSA) is 77.9 Å². The molecule has 0 aliphatic carbocycles. The minimum Gasteiger partial charge on any atom is -0.454 e. The molecule has 20 heavy (non-hydrogen) atoms. The Morgan fingerprint density at radius 1 is 1.35 bits per heavy atom. The summed E-state index contributed by atoms with van der Waals surface area (Å²) in [6, 6.07) is 6.94. The fraction of sp³-hybridized carbons (Fsp3) is 0.154. The molecule has 0 aromatic carbocycles. The molecular formula is C13H13N5O2. The summed E-state index contributed by atoms with van der Waals surface area (Å²) in [5, 5.41) is 10.8. The van der Waals surface area contributed by atoms with E-state index in [-0.39, 0.29) is 11.7 Å². The molecule has 3 rings (SSSR count). The van der Waals surface area contributed by atoms with Gasteiger partial charge in [-0.15, -0.1) is 0 Å². The van der Waals surface area contributed by atoms with Crippen LogP contribution in [0.5, 0.6) is 0 Å². The highest BCUT2D eigenvalue weighted by Gasteiger charge is 2.12. The zero-order valence-electron chi connectivity index (χ0n) is 10.9. The van der Waals surface area contributed by atoms with Crippen molar-refractivity contribution in [3.05, 3.63) is 54.4 Å². The molecule has 3 heterocycles. The number of aromatic nitrogens is 4. The Morgan fingerprint density at radius 2 is 2.25 bits per heavy atom. The summed E-state index contributed by atoms with van der Waals surface area (Å²) < 4.78 is 8.82. The standard InChI is InChI=1S/C13H13N5O2/c1-17-8-5-12(16-17)15-13(19)11-4-3-10(20-11)9-18-7-2-6-14-18/h2-8H,9H2,1H3,(H,15,16,19). The second-order valence-corrected chi connectivity index (χ2v) is 4.30. The lowest BCUT2D eigenvalue weighted by Crippen LogP contribution is -2.11. The number of aryl methyl sites for hydroxylation is 1. The van der Waals surface area contributed by atoms with Gasteiger partial charge in [-0.1, -0.05) is 0 Å². The van der Waals surface area contributed by atoms with E-state index in [9.17, 15) is 4.79 Å². The minimum absolute atomic E-state index is 0.248. The number of carbonyl (C=O) groups is 1. The van der Waals surface area contributed by atoms with Crippen LogP contribution < -0.4 is 5.32 Å². The van der Waals surface area contributed by atoms with E-state index >= 15 is 0 Å². The molecule has 0 aliphatic heterocycles. The highest BCUT2D eigenvalue weighted by Crippen LogP contribution is 2.11. The molecular weight excluding hydrogens is 258 g/mol. The van der Waals surface area contributed by atoms with Crippen molar-refractivity contribution in [1.29, 1.82) is 0 Å². The molecule has 0 unspecified atom stereocenters. The number of hydrogen-bond donors (Lipinski definition) is 1. The Kier molecular flexibility index (Phi) is 3.08. The van der Waals surface area contributed by atoms with Crippen LogP contribution in [-0.2, 0) is 13.6 Å². The van der Waals surface area contributed by atoms with E-state index < -0.39 is 0 Å². The van der Waals surface area contributed by atoms with Crippen molar-refractivity contribution in [1.82, 2.24) is 19.6 Å². The smallest absolute Gasteiger partial charge is 0.292 e. The molecule has 102 valence electrons. The van der Waals surface area contributed by atoms with Gasteiger partial charge in [0.15, 0.2) is 11.6 Å². The summed E-state index contributed by atoms with van der Waals surface area (Å²) >= 11 is 0. The number of nitrogens with zero attached hydrogens (tertiary/aromatic N) is 4. The average molecular weight is 271 g/mol. The highest BCUT2D eigenvalue weighted by molar-refractivity contribution is 6.01. The summed E-state index contributed by atoms with van der Waals surface area (Å²) in [4.78, 5) is 12.0. The lowest BCUT2D eigenvalue weighted by Gasteiger charge is -1.99. The van der Waals surface area contributed by atoms with Crippen molar-refractivity contribution >= 4 is 11.7 Å². The molecule has 0 atom stereocenters. The summed E-state index contributed by atoms with van der Waals surface area (Å²) in [6.45, 7) is 0.490. The van der Waals surface area contributed by atoms with Crippen molar-refractivity contribution in [3.8, 4) is 0 Å². The first-order valence-electron chi connectivity index (χ1n) is 6.08. The van der Waals surface area contributed by atoms with E-state index in [0.29, 0.717) is 18.1 Å². The molecule has 1 amide bonds. The first-order chi connectivity index (χ1) is 9.70. The molecule has 0 spiro atoms. The zero-order valence-corrected chi connectivity index (χ0v) is 10.9. The van der Waals surface area contributed by atoms with Crippen molar-refractivity contribution in [2.45, 2.75) is 6.54 Å². The summed E-state index contributed by atoms with van der Waals surface area (Å²) in [7, 11) is 1.78. The lowest BCUT2D eigenvalue weighted by molar-refractivity contribution is 0.0994. The van der Waals surface area contributed by atoms with Gasteiger partial charge in [0.1, 0.15) is 5.76 Å². The van der Waals surface area contributed by atoms with Crippen LogP contribution in [0.2, 0.25) is 0 Å². The van der Waals surface area contributed by atoms with Gasteiger partial charge in [0, 0.05) is 31.7 Å². The summed E-state index contributed by atoms with van der Waals surface area (Å²) in [5.74, 6) is 1.08. The van der Waals surface area contributed by atoms with Crippen LogP contribution >= 0.6 is 0 Å². The van der Waals surface area contributed by atoms with Gasteiger partial charge in [0.25, 0.3) is 5.91 Å². The SMILES string of the molecule is Cn1ccc(NC(=O)c2ccc(Cn3cccn3)o2)n1. The molecule has 0 fully saturated rings. The molecule has 3 aromatic rings. The van der Waals surface area contributed by atoms with Crippen LogP contribution in [0.15, 0.2) is 47.3 Å². The van der Waals surface area contributed by atoms with Gasteiger partial charge in [0.05, 0.1) is 6.54 Å². The fourth-order valence-corrected chi connectivity index (χ4v) is 1.80. The number of rotatable bonds is 4. The van der Waals surface area contributed by atoms with Gasteiger partial charge in [0.2, 0.25) is 0 Å². The van der Waals surface area contributed by atoms with E-state index in [1.165, 1.54) is 0 Å². The van der Waals surface area contributed by atoms with Crippen LogP contribution in [-0.4, -0.2) is 25.5 Å². The van der Waals surface area contributed by atoms with Gasteiger partial charge in [-0.25, -0.2) is 0 Å². The third-order valence-electron chi connectivity index (χ3n) is 2.72. The average Bonchev–Trinajstić information content (AvgIpc) is 3.12. The van der Waals surface area contributed by atoms with Crippen molar-refractivity contribution in [2.24, 2.45) is 7.05 Å². The van der Waals surface area contributed by atoms with Crippen LogP contribution in [0.4, 0.5) is 5.82 Å². The first kappa shape index (κ1) is 12.2. The zero-order chi connectivity index (χ0) is 13.9. The molecule has 0 radical (unpaired) electrons. The molecule has 7 heteroatoms. The van der Waals surface area contributed by atoms with E-state index in [1.807, 2.05) is 12.3 Å². The molecule has 0 saturated heterocycles. The number of anilines is 1. The Morgan fingerprint density at radius 3 is 2.95 bits per heavy atom. The van der Waals surface area contributed by atoms with E-state index in [2.05, 4.69) is 15.5 Å². The quantitative estimate of drug-likeness (QED) is 0.780. The molecule has 3 aromatic heterocycles. The summed E-state index contributed by atoms with van der Waals surface area (Å²) in [5.41, 5.74) is 0. The third kappa shape index (κ3) is 2.61. The molecule has 1 N–H and O–H groups in total. The number of amides is 1. The normalized spacial score (nSPS) is 10.7. The predicted molar refractivity (Wildman–Crippen MR) is 71.2 cm³/mol. The maximum atomic E-state index is 12.0. The van der Waals surface area contributed by atoms with E-state index in [1.54, 1.807) is 47.0 Å². The largest absolute Gasteiger partial charge is 0.454 e. The number of hydrogen-bond acceptors (Lipinski definition) is 4. The summed E-state index contributed by atoms with van der Waals surface area (Å²) in [6.07, 6.45) is 5.27. The van der Waals surface area contributed by atoms with Gasteiger partial charge in [-0.2, -0.15) is 10.2 Å². The number of carbonyl (C=O) groups excluding carboxylic acids is 1. The molecule has 7 nitrogen and oxygen atoms in total. The fourth-order valence-electron chi connectivity index (χ4n) is 1.80. The lowest BCUT2D eigenvalue weighted by atomic mass is 10.4. The highest BCUT2D eigenvalue weighted by atomic mass is 16.4. The monoisotopic (exact) mass is 271 g/mol. The first-order valence-corrected chi connectivity index (χ1v) is 6.08. The number of furan rings is 1. The van der Waals surface area contributed by atoms with Gasteiger partial charge in [-0.05, 0) is 18.2 Å².